The van der Waals surface area contributed by atoms with Crippen LogP contribution in [0.3, 0.4) is 0 Å². The molecule has 0 aliphatic rings. The lowest BCUT2D eigenvalue weighted by atomic mass is 10.1. The highest BCUT2D eigenvalue weighted by atomic mass is 32.2. The Kier molecular flexibility index (Phi) is 7.10. The van der Waals surface area contributed by atoms with Crippen LogP contribution in [0.1, 0.15) is 22.8 Å². The summed E-state index contributed by atoms with van der Waals surface area (Å²) < 4.78 is 12.7. The maximum atomic E-state index is 12.8. The predicted molar refractivity (Wildman–Crippen MR) is 131 cm³/mol. The van der Waals surface area contributed by atoms with Crippen LogP contribution in [-0.4, -0.2) is 40.0 Å². The third-order valence-corrected chi connectivity index (χ3v) is 6.02. The summed E-state index contributed by atoms with van der Waals surface area (Å²) in [6, 6.07) is 23.1. The zero-order valence-corrected chi connectivity index (χ0v) is 19.6. The van der Waals surface area contributed by atoms with Crippen molar-refractivity contribution in [3.63, 3.8) is 0 Å². The molecule has 33 heavy (non-hydrogen) atoms. The molecule has 168 valence electrons. The van der Waals surface area contributed by atoms with Crippen molar-refractivity contribution in [3.05, 3.63) is 83.9 Å². The fourth-order valence-corrected chi connectivity index (χ4v) is 4.18. The van der Waals surface area contributed by atoms with Gasteiger partial charge in [-0.25, -0.2) is 0 Å². The van der Waals surface area contributed by atoms with Crippen LogP contribution in [0, 0.1) is 6.92 Å². The standard InChI is InChI=1S/C26H25N3O3S/c1-4-32-23-13-9-19(10-14-23)24(30)17-33-26-28-27-25(20-7-5-18(2)6-8-20)29(26)21-11-15-22(31-3)16-12-21/h5-16H,4,17H2,1-3H3. The van der Waals surface area contributed by atoms with Crippen molar-refractivity contribution in [1.82, 2.24) is 14.8 Å². The minimum Gasteiger partial charge on any atom is -0.497 e. The molecular formula is C26H25N3O3S. The van der Waals surface area contributed by atoms with Gasteiger partial charge in [0.25, 0.3) is 0 Å². The lowest BCUT2D eigenvalue weighted by Crippen LogP contribution is -2.05. The molecule has 7 heteroatoms. The number of nitrogens with zero attached hydrogens (tertiary/aromatic N) is 3. The van der Waals surface area contributed by atoms with E-state index in [1.54, 1.807) is 19.2 Å². The quantitative estimate of drug-likeness (QED) is 0.239. The van der Waals surface area contributed by atoms with Gasteiger partial charge in [0.1, 0.15) is 11.5 Å². The Balaban J connectivity index is 1.61. The number of thioether (sulfide) groups is 1. The molecule has 0 aliphatic carbocycles. The largest absolute Gasteiger partial charge is 0.497 e. The van der Waals surface area contributed by atoms with Gasteiger partial charge < -0.3 is 9.47 Å². The topological polar surface area (TPSA) is 66.2 Å². The van der Waals surface area contributed by atoms with E-state index in [9.17, 15) is 4.79 Å². The van der Waals surface area contributed by atoms with Crippen LogP contribution in [0.25, 0.3) is 17.1 Å². The second kappa shape index (κ2) is 10.4. The lowest BCUT2D eigenvalue weighted by Gasteiger charge is -2.11. The van der Waals surface area contributed by atoms with E-state index in [0.29, 0.717) is 17.3 Å². The molecule has 0 aliphatic heterocycles. The minimum absolute atomic E-state index is 0.0178. The summed E-state index contributed by atoms with van der Waals surface area (Å²) in [5.74, 6) is 2.50. The van der Waals surface area contributed by atoms with E-state index in [2.05, 4.69) is 10.2 Å². The highest BCUT2D eigenvalue weighted by Crippen LogP contribution is 2.29. The predicted octanol–water partition coefficient (Wildman–Crippen LogP) is 5.63. The number of aromatic nitrogens is 3. The number of carbonyl (C=O) groups is 1. The second-order valence-electron chi connectivity index (χ2n) is 7.37. The Morgan fingerprint density at radius 3 is 2.21 bits per heavy atom. The summed E-state index contributed by atoms with van der Waals surface area (Å²) in [5.41, 5.74) is 3.66. The highest BCUT2D eigenvalue weighted by molar-refractivity contribution is 7.99. The van der Waals surface area contributed by atoms with Crippen molar-refractivity contribution >= 4 is 17.5 Å². The number of Topliss-reactive ketones (excluding diaryl/α,β-unsaturated/α-hetero) is 1. The van der Waals surface area contributed by atoms with Crippen molar-refractivity contribution in [2.75, 3.05) is 19.5 Å². The number of benzene rings is 3. The smallest absolute Gasteiger partial charge is 0.196 e. The minimum atomic E-state index is 0.0178. The Labute approximate surface area is 197 Å². The molecule has 0 amide bonds. The number of ether oxygens (including phenoxy) is 2. The first-order chi connectivity index (χ1) is 16.1. The number of carbonyl (C=O) groups excluding carboxylic acids is 1. The summed E-state index contributed by atoms with van der Waals surface area (Å²) in [6.45, 7) is 4.57. The van der Waals surface area contributed by atoms with E-state index < -0.39 is 0 Å². The molecule has 1 heterocycles. The SMILES string of the molecule is CCOc1ccc(C(=O)CSc2nnc(-c3ccc(C)cc3)n2-c2ccc(OC)cc2)cc1. The molecule has 0 saturated heterocycles. The number of aryl methyl sites for hydroxylation is 1. The average molecular weight is 460 g/mol. The maximum Gasteiger partial charge on any atom is 0.196 e. The van der Waals surface area contributed by atoms with Crippen LogP contribution in [0.15, 0.2) is 78.0 Å². The number of hydrogen-bond acceptors (Lipinski definition) is 6. The monoisotopic (exact) mass is 459 g/mol. The Hall–Kier alpha value is -3.58. The van der Waals surface area contributed by atoms with Gasteiger partial charge in [0.05, 0.1) is 19.5 Å². The van der Waals surface area contributed by atoms with E-state index in [1.165, 1.54) is 17.3 Å². The fraction of sp³-hybridized carbons (Fsp3) is 0.192. The molecule has 0 radical (unpaired) electrons. The van der Waals surface area contributed by atoms with Crippen molar-refractivity contribution in [2.45, 2.75) is 19.0 Å². The van der Waals surface area contributed by atoms with Gasteiger partial charge in [0.15, 0.2) is 16.8 Å². The summed E-state index contributed by atoms with van der Waals surface area (Å²) in [7, 11) is 1.64. The number of methoxy groups -OCH3 is 1. The van der Waals surface area contributed by atoms with Crippen LogP contribution in [0.4, 0.5) is 0 Å². The lowest BCUT2D eigenvalue weighted by molar-refractivity contribution is 0.102. The zero-order chi connectivity index (χ0) is 23.2. The van der Waals surface area contributed by atoms with E-state index in [1.807, 2.05) is 79.1 Å². The third kappa shape index (κ3) is 5.26. The Bertz CT molecular complexity index is 1220. The van der Waals surface area contributed by atoms with Gasteiger partial charge in [-0.3, -0.25) is 9.36 Å². The van der Waals surface area contributed by atoms with E-state index in [-0.39, 0.29) is 11.5 Å². The van der Waals surface area contributed by atoms with Crippen LogP contribution < -0.4 is 9.47 Å². The molecule has 0 atom stereocenters. The van der Waals surface area contributed by atoms with E-state index in [0.717, 1.165) is 28.6 Å². The zero-order valence-electron chi connectivity index (χ0n) is 18.8. The molecule has 0 N–H and O–H groups in total. The molecule has 0 saturated carbocycles. The van der Waals surface area contributed by atoms with E-state index in [4.69, 9.17) is 9.47 Å². The van der Waals surface area contributed by atoms with Gasteiger partial charge in [0, 0.05) is 16.8 Å². The van der Waals surface area contributed by atoms with Gasteiger partial charge >= 0.3 is 0 Å². The molecule has 0 spiro atoms. The Morgan fingerprint density at radius 1 is 0.909 bits per heavy atom. The van der Waals surface area contributed by atoms with Gasteiger partial charge in [-0.1, -0.05) is 41.6 Å². The number of hydrogen-bond donors (Lipinski definition) is 0. The van der Waals surface area contributed by atoms with Crippen LogP contribution >= 0.6 is 11.8 Å². The summed E-state index contributed by atoms with van der Waals surface area (Å²) >= 11 is 1.37. The average Bonchev–Trinajstić information content (AvgIpc) is 3.27. The van der Waals surface area contributed by atoms with Crippen molar-refractivity contribution in [1.29, 1.82) is 0 Å². The number of rotatable bonds is 9. The van der Waals surface area contributed by atoms with Gasteiger partial charge in [-0.15, -0.1) is 10.2 Å². The molecule has 0 fully saturated rings. The molecule has 3 aromatic carbocycles. The van der Waals surface area contributed by atoms with Gasteiger partial charge in [-0.05, 0) is 62.4 Å². The molecule has 4 rings (SSSR count). The van der Waals surface area contributed by atoms with Crippen LogP contribution in [-0.2, 0) is 0 Å². The highest BCUT2D eigenvalue weighted by Gasteiger charge is 2.18. The second-order valence-corrected chi connectivity index (χ2v) is 8.32. The summed E-state index contributed by atoms with van der Waals surface area (Å²) in [4.78, 5) is 12.8. The van der Waals surface area contributed by atoms with Gasteiger partial charge in [-0.2, -0.15) is 0 Å². The van der Waals surface area contributed by atoms with Crippen LogP contribution in [0.2, 0.25) is 0 Å². The maximum absolute atomic E-state index is 12.8. The number of ketones is 1. The molecule has 1 aromatic heterocycles. The third-order valence-electron chi connectivity index (χ3n) is 5.09. The van der Waals surface area contributed by atoms with Gasteiger partial charge in [0.2, 0.25) is 0 Å². The molecule has 4 aromatic rings. The first-order valence-corrected chi connectivity index (χ1v) is 11.6. The molecule has 6 nitrogen and oxygen atoms in total. The van der Waals surface area contributed by atoms with Crippen molar-refractivity contribution in [2.24, 2.45) is 0 Å². The Morgan fingerprint density at radius 2 is 1.58 bits per heavy atom. The molecule has 0 bridgehead atoms. The molecule has 0 unspecified atom stereocenters. The van der Waals surface area contributed by atoms with E-state index >= 15 is 0 Å². The van der Waals surface area contributed by atoms with Crippen LogP contribution in [0.5, 0.6) is 11.5 Å². The first-order valence-electron chi connectivity index (χ1n) is 10.6. The fourth-order valence-electron chi connectivity index (χ4n) is 3.33. The summed E-state index contributed by atoms with van der Waals surface area (Å²) in [6.07, 6.45) is 0. The van der Waals surface area contributed by atoms with Crippen molar-refractivity contribution in [3.8, 4) is 28.6 Å². The first kappa shape index (κ1) is 22.6. The van der Waals surface area contributed by atoms with Crippen molar-refractivity contribution < 1.29 is 14.3 Å². The summed E-state index contributed by atoms with van der Waals surface area (Å²) in [5, 5.41) is 9.51. The normalized spacial score (nSPS) is 10.8. The molecular weight excluding hydrogens is 434 g/mol.